The minimum absolute atomic E-state index is 0.00813. The third-order valence-corrected chi connectivity index (χ3v) is 5.34. The third-order valence-electron chi connectivity index (χ3n) is 5.34. The number of carbonyl (C=O) groups excluding carboxylic acids is 2. The first kappa shape index (κ1) is 19.6. The number of hydrogen-bond acceptors (Lipinski definition) is 5. The van der Waals surface area contributed by atoms with Crippen LogP contribution in [0, 0.1) is 0 Å². The average molecular weight is 410 g/mol. The summed E-state index contributed by atoms with van der Waals surface area (Å²) in [6.45, 7) is 3.35. The second-order valence-electron chi connectivity index (χ2n) is 7.29. The van der Waals surface area contributed by atoms with E-state index < -0.39 is 5.97 Å². The lowest BCUT2D eigenvalue weighted by Gasteiger charge is -2.31. The van der Waals surface area contributed by atoms with Crippen molar-refractivity contribution in [2.24, 2.45) is 0 Å². The summed E-state index contributed by atoms with van der Waals surface area (Å²) in [6, 6.07) is 4.75. The quantitative estimate of drug-likeness (QED) is 0.643. The number of rotatable bonds is 6. The average Bonchev–Trinajstić information content (AvgIpc) is 3.30. The lowest BCUT2D eigenvalue weighted by atomic mass is 10.2. The standard InChI is InChI=1S/C20H22N6O4/c1-3-24-12-21-7-14(24)8-26-16-6-13(20(29)30)4-5-15(16)22-17(26)9-25-11-18(27)23(2)10-19(25)28/h4-7,12H,3,8-11H2,1-2H3,(H,29,30). The van der Waals surface area contributed by atoms with Crippen LogP contribution in [0.2, 0.25) is 0 Å². The van der Waals surface area contributed by atoms with Gasteiger partial charge in [0, 0.05) is 19.8 Å². The minimum atomic E-state index is -1.02. The highest BCUT2D eigenvalue weighted by atomic mass is 16.4. The van der Waals surface area contributed by atoms with Crippen molar-refractivity contribution in [2.45, 2.75) is 26.6 Å². The maximum atomic E-state index is 12.4. The van der Waals surface area contributed by atoms with Crippen LogP contribution in [-0.2, 0) is 29.2 Å². The number of nitrogens with zero attached hydrogens (tertiary/aromatic N) is 6. The predicted molar refractivity (Wildman–Crippen MR) is 107 cm³/mol. The highest BCUT2D eigenvalue weighted by molar-refractivity contribution is 5.93. The van der Waals surface area contributed by atoms with Crippen molar-refractivity contribution in [3.05, 3.63) is 47.8 Å². The summed E-state index contributed by atoms with van der Waals surface area (Å²) >= 11 is 0. The molecule has 30 heavy (non-hydrogen) atoms. The van der Waals surface area contributed by atoms with Crippen molar-refractivity contribution >= 4 is 28.8 Å². The van der Waals surface area contributed by atoms with Crippen molar-refractivity contribution in [1.82, 2.24) is 28.9 Å². The maximum Gasteiger partial charge on any atom is 0.335 e. The van der Waals surface area contributed by atoms with E-state index in [1.807, 2.05) is 16.1 Å². The van der Waals surface area contributed by atoms with Gasteiger partial charge in [-0.2, -0.15) is 0 Å². The molecule has 1 N–H and O–H groups in total. The Hall–Kier alpha value is -3.69. The highest BCUT2D eigenvalue weighted by Crippen LogP contribution is 2.22. The van der Waals surface area contributed by atoms with Crippen LogP contribution in [0.25, 0.3) is 11.0 Å². The number of carbonyl (C=O) groups is 3. The Bertz CT molecular complexity index is 1150. The molecule has 2 aromatic heterocycles. The van der Waals surface area contributed by atoms with Crippen LogP contribution in [0.3, 0.4) is 0 Å². The van der Waals surface area contributed by atoms with Gasteiger partial charge >= 0.3 is 5.97 Å². The van der Waals surface area contributed by atoms with Crippen LogP contribution >= 0.6 is 0 Å². The summed E-state index contributed by atoms with van der Waals surface area (Å²) in [5.41, 5.74) is 2.37. The van der Waals surface area contributed by atoms with Gasteiger partial charge in [0.1, 0.15) is 12.4 Å². The van der Waals surface area contributed by atoms with E-state index in [9.17, 15) is 19.5 Å². The first-order chi connectivity index (χ1) is 14.4. The summed E-state index contributed by atoms with van der Waals surface area (Å²) < 4.78 is 3.88. The molecular formula is C20H22N6O4. The number of piperazine rings is 1. The molecule has 0 atom stereocenters. The zero-order valence-electron chi connectivity index (χ0n) is 16.8. The first-order valence-corrected chi connectivity index (χ1v) is 9.60. The Balaban J connectivity index is 1.77. The Kier molecular flexibility index (Phi) is 4.98. The van der Waals surface area contributed by atoms with Crippen LogP contribution < -0.4 is 0 Å². The summed E-state index contributed by atoms with van der Waals surface area (Å²) in [5, 5.41) is 9.39. The van der Waals surface area contributed by atoms with Gasteiger partial charge < -0.3 is 24.0 Å². The molecule has 0 bridgehead atoms. The number of aryl methyl sites for hydroxylation is 1. The number of imidazole rings is 2. The molecule has 3 aromatic rings. The number of benzene rings is 1. The molecule has 1 aliphatic rings. The summed E-state index contributed by atoms with van der Waals surface area (Å²) in [5.74, 6) is -0.721. The summed E-state index contributed by atoms with van der Waals surface area (Å²) in [6.07, 6.45) is 3.49. The van der Waals surface area contributed by atoms with Crippen molar-refractivity contribution in [3.63, 3.8) is 0 Å². The van der Waals surface area contributed by atoms with Crippen LogP contribution in [-0.4, -0.2) is 71.9 Å². The van der Waals surface area contributed by atoms with Gasteiger partial charge in [-0.05, 0) is 25.1 Å². The minimum Gasteiger partial charge on any atom is -0.478 e. The molecular weight excluding hydrogens is 388 g/mol. The number of amides is 2. The fourth-order valence-electron chi connectivity index (χ4n) is 3.61. The Morgan fingerprint density at radius 1 is 1.17 bits per heavy atom. The first-order valence-electron chi connectivity index (χ1n) is 9.60. The van der Waals surface area contributed by atoms with Gasteiger partial charge in [0.25, 0.3) is 0 Å². The van der Waals surface area contributed by atoms with E-state index >= 15 is 0 Å². The summed E-state index contributed by atoms with van der Waals surface area (Å²) in [7, 11) is 1.60. The fourth-order valence-corrected chi connectivity index (χ4v) is 3.61. The second kappa shape index (κ2) is 7.62. The smallest absolute Gasteiger partial charge is 0.335 e. The van der Waals surface area contributed by atoms with Crippen molar-refractivity contribution in [2.75, 3.05) is 20.1 Å². The van der Waals surface area contributed by atoms with Crippen LogP contribution in [0.4, 0.5) is 0 Å². The topological polar surface area (TPSA) is 114 Å². The highest BCUT2D eigenvalue weighted by Gasteiger charge is 2.29. The van der Waals surface area contributed by atoms with E-state index in [2.05, 4.69) is 9.97 Å². The van der Waals surface area contributed by atoms with E-state index in [1.54, 1.807) is 31.7 Å². The van der Waals surface area contributed by atoms with Crippen LogP contribution in [0.5, 0.6) is 0 Å². The van der Waals surface area contributed by atoms with E-state index in [0.29, 0.717) is 23.4 Å². The van der Waals surface area contributed by atoms with Gasteiger partial charge in [-0.1, -0.05) is 0 Å². The predicted octanol–water partition coefficient (Wildman–Crippen LogP) is 0.800. The van der Waals surface area contributed by atoms with Gasteiger partial charge in [0.05, 0.1) is 48.3 Å². The third kappa shape index (κ3) is 3.51. The molecule has 0 spiro atoms. The molecule has 2 amide bonds. The van der Waals surface area contributed by atoms with Crippen LogP contribution in [0.15, 0.2) is 30.7 Å². The van der Waals surface area contributed by atoms with E-state index in [1.165, 1.54) is 15.9 Å². The van der Waals surface area contributed by atoms with Gasteiger partial charge in [0.15, 0.2) is 0 Å². The van der Waals surface area contributed by atoms with Crippen LogP contribution in [0.1, 0.15) is 28.8 Å². The molecule has 0 saturated carbocycles. The number of aromatic nitrogens is 4. The molecule has 1 saturated heterocycles. The van der Waals surface area contributed by atoms with Gasteiger partial charge in [-0.25, -0.2) is 14.8 Å². The number of hydrogen-bond donors (Lipinski definition) is 1. The zero-order chi connectivity index (χ0) is 21.4. The van der Waals surface area contributed by atoms with Crippen molar-refractivity contribution in [3.8, 4) is 0 Å². The normalized spacial score (nSPS) is 14.7. The van der Waals surface area contributed by atoms with Crippen molar-refractivity contribution in [1.29, 1.82) is 0 Å². The Morgan fingerprint density at radius 3 is 2.70 bits per heavy atom. The molecule has 10 nitrogen and oxygen atoms in total. The number of carboxylic acids is 1. The van der Waals surface area contributed by atoms with Gasteiger partial charge in [-0.15, -0.1) is 0 Å². The second-order valence-corrected chi connectivity index (χ2v) is 7.29. The molecule has 4 rings (SSSR count). The zero-order valence-corrected chi connectivity index (χ0v) is 16.8. The maximum absolute atomic E-state index is 12.4. The Labute approximate surface area is 172 Å². The molecule has 1 aromatic carbocycles. The van der Waals surface area contributed by atoms with E-state index in [4.69, 9.17) is 0 Å². The number of carboxylic acid groups (broad SMARTS) is 1. The monoisotopic (exact) mass is 410 g/mol. The van der Waals surface area contributed by atoms with Gasteiger partial charge in [0.2, 0.25) is 11.8 Å². The molecule has 0 aliphatic carbocycles. The number of fused-ring (bicyclic) bond motifs is 1. The number of likely N-dealkylation sites (N-methyl/N-ethyl adjacent to an activating group) is 1. The molecule has 3 heterocycles. The molecule has 10 heteroatoms. The Morgan fingerprint density at radius 2 is 1.97 bits per heavy atom. The molecule has 1 aliphatic heterocycles. The molecule has 0 radical (unpaired) electrons. The fraction of sp³-hybridized carbons (Fsp3) is 0.350. The van der Waals surface area contributed by atoms with Gasteiger partial charge in [-0.3, -0.25) is 9.59 Å². The van der Waals surface area contributed by atoms with Crippen molar-refractivity contribution < 1.29 is 19.5 Å². The molecule has 0 unspecified atom stereocenters. The van der Waals surface area contributed by atoms with E-state index in [0.717, 1.165) is 12.2 Å². The SMILES string of the molecule is CCn1cncc1Cn1c(CN2CC(=O)N(C)CC2=O)nc2ccc(C(=O)O)cc21. The summed E-state index contributed by atoms with van der Waals surface area (Å²) in [4.78, 5) is 47.7. The molecule has 1 fully saturated rings. The largest absolute Gasteiger partial charge is 0.478 e. The number of aromatic carboxylic acids is 1. The lowest BCUT2D eigenvalue weighted by molar-refractivity contribution is -0.149. The molecule has 156 valence electrons. The lowest BCUT2D eigenvalue weighted by Crippen LogP contribution is -2.51. The van der Waals surface area contributed by atoms with E-state index in [-0.39, 0.29) is 37.0 Å².